The number of carbonyl (C=O) groups excluding carboxylic acids is 1. The van der Waals surface area contributed by atoms with Crippen molar-refractivity contribution in [2.45, 2.75) is 6.54 Å². The van der Waals surface area contributed by atoms with Crippen LogP contribution in [0.25, 0.3) is 22.0 Å². The summed E-state index contributed by atoms with van der Waals surface area (Å²) in [5.74, 6) is 0.220. The zero-order chi connectivity index (χ0) is 18.8. The van der Waals surface area contributed by atoms with Crippen molar-refractivity contribution >= 4 is 27.9 Å². The van der Waals surface area contributed by atoms with Crippen molar-refractivity contribution < 1.29 is 13.9 Å². The molecule has 136 valence electrons. The fourth-order valence-electron chi connectivity index (χ4n) is 3.03. The molecule has 2 aromatic carbocycles. The molecule has 0 spiro atoms. The monoisotopic (exact) mass is 363 g/mol. The zero-order valence-corrected chi connectivity index (χ0v) is 14.6. The maximum atomic E-state index is 12.6. The minimum atomic E-state index is -0.582. The molecule has 0 bridgehead atoms. The number of fused-ring (bicyclic) bond motifs is 2. The molecule has 0 radical (unpaired) electrons. The number of ether oxygens (including phenoxy) is 1. The van der Waals surface area contributed by atoms with Gasteiger partial charge in [0.1, 0.15) is 11.3 Å². The molecule has 0 atom stereocenters. The van der Waals surface area contributed by atoms with Crippen molar-refractivity contribution in [2.75, 3.05) is 13.7 Å². The van der Waals surface area contributed by atoms with E-state index < -0.39 is 5.63 Å². The lowest BCUT2D eigenvalue weighted by Gasteiger charge is -2.09. The van der Waals surface area contributed by atoms with Gasteiger partial charge in [0.2, 0.25) is 0 Å². The summed E-state index contributed by atoms with van der Waals surface area (Å²) in [5, 5.41) is 3.41. The van der Waals surface area contributed by atoms with E-state index in [2.05, 4.69) is 10.3 Å². The average Bonchev–Trinajstić information content (AvgIpc) is 3.10. The second-order valence-electron chi connectivity index (χ2n) is 6.02. The molecule has 7 heteroatoms. The topological polar surface area (TPSA) is 86.4 Å². The molecule has 0 unspecified atom stereocenters. The molecular weight excluding hydrogens is 346 g/mol. The molecule has 4 rings (SSSR count). The molecule has 0 saturated heterocycles. The van der Waals surface area contributed by atoms with Crippen LogP contribution >= 0.6 is 0 Å². The Hall–Kier alpha value is -3.61. The summed E-state index contributed by atoms with van der Waals surface area (Å²) in [5.41, 5.74) is 1.92. The Bertz CT molecular complexity index is 1190. The van der Waals surface area contributed by atoms with Gasteiger partial charge in [-0.1, -0.05) is 12.1 Å². The summed E-state index contributed by atoms with van der Waals surface area (Å²) in [4.78, 5) is 28.8. The van der Waals surface area contributed by atoms with E-state index in [4.69, 9.17) is 9.15 Å². The molecule has 0 fully saturated rings. The van der Waals surface area contributed by atoms with Crippen LogP contribution in [0.4, 0.5) is 0 Å². The van der Waals surface area contributed by atoms with Crippen LogP contribution in [-0.2, 0) is 6.54 Å². The highest BCUT2D eigenvalue weighted by Gasteiger charge is 2.14. The van der Waals surface area contributed by atoms with Gasteiger partial charge in [-0.15, -0.1) is 0 Å². The Morgan fingerprint density at radius 1 is 1.22 bits per heavy atom. The number of nitrogens with zero attached hydrogens (tertiary/aromatic N) is 2. The van der Waals surface area contributed by atoms with E-state index in [1.54, 1.807) is 24.5 Å². The van der Waals surface area contributed by atoms with Crippen molar-refractivity contribution in [2.24, 2.45) is 0 Å². The first kappa shape index (κ1) is 16.8. The van der Waals surface area contributed by atoms with Crippen molar-refractivity contribution in [3.05, 3.63) is 70.8 Å². The van der Waals surface area contributed by atoms with Gasteiger partial charge < -0.3 is 19.0 Å². The second kappa shape index (κ2) is 6.95. The predicted octanol–water partition coefficient (Wildman–Crippen LogP) is 2.58. The van der Waals surface area contributed by atoms with Gasteiger partial charge >= 0.3 is 5.63 Å². The Labute approximate surface area is 154 Å². The smallest absolute Gasteiger partial charge is 0.337 e. The summed E-state index contributed by atoms with van der Waals surface area (Å²) in [6, 6.07) is 14.0. The second-order valence-corrected chi connectivity index (χ2v) is 6.02. The predicted molar refractivity (Wildman–Crippen MR) is 101 cm³/mol. The molecule has 1 amide bonds. The first-order valence-electron chi connectivity index (χ1n) is 8.45. The van der Waals surface area contributed by atoms with Gasteiger partial charge in [-0.25, -0.2) is 9.78 Å². The molecule has 0 saturated carbocycles. The minimum absolute atomic E-state index is 0.277. The highest BCUT2D eigenvalue weighted by molar-refractivity contribution is 6.05. The lowest BCUT2D eigenvalue weighted by Crippen LogP contribution is -2.28. The molecule has 0 aliphatic carbocycles. The third kappa shape index (κ3) is 3.27. The number of methoxy groups -OCH3 is 1. The Morgan fingerprint density at radius 3 is 2.93 bits per heavy atom. The highest BCUT2D eigenvalue weighted by Crippen LogP contribution is 2.22. The lowest BCUT2D eigenvalue weighted by molar-refractivity contribution is 0.0953. The number of hydrogen-bond donors (Lipinski definition) is 1. The van der Waals surface area contributed by atoms with Crippen molar-refractivity contribution in [3.63, 3.8) is 0 Å². The van der Waals surface area contributed by atoms with Gasteiger partial charge in [0, 0.05) is 30.6 Å². The van der Waals surface area contributed by atoms with Gasteiger partial charge in [0.05, 0.1) is 30.0 Å². The van der Waals surface area contributed by atoms with Gasteiger partial charge in [-0.3, -0.25) is 4.79 Å². The van der Waals surface area contributed by atoms with Crippen molar-refractivity contribution in [3.8, 4) is 5.75 Å². The van der Waals surface area contributed by atoms with E-state index in [0.717, 1.165) is 11.0 Å². The van der Waals surface area contributed by atoms with Gasteiger partial charge in [0.25, 0.3) is 5.91 Å². The average molecular weight is 363 g/mol. The van der Waals surface area contributed by atoms with Crippen LogP contribution in [-0.4, -0.2) is 29.1 Å². The molecule has 0 aliphatic rings. The Kier molecular flexibility index (Phi) is 4.33. The fourth-order valence-corrected chi connectivity index (χ4v) is 3.03. The van der Waals surface area contributed by atoms with Crippen molar-refractivity contribution in [1.29, 1.82) is 0 Å². The summed E-state index contributed by atoms with van der Waals surface area (Å²) >= 11 is 0. The largest absolute Gasteiger partial charge is 0.497 e. The molecule has 1 N–H and O–H groups in total. The van der Waals surface area contributed by atoms with Gasteiger partial charge in [0.15, 0.2) is 0 Å². The number of carbonyl (C=O) groups is 1. The zero-order valence-electron chi connectivity index (χ0n) is 14.6. The molecule has 7 nitrogen and oxygen atoms in total. The first-order valence-corrected chi connectivity index (χ1v) is 8.45. The number of amides is 1. The first-order chi connectivity index (χ1) is 13.2. The lowest BCUT2D eigenvalue weighted by atomic mass is 10.1. The number of aromatic nitrogens is 2. The maximum Gasteiger partial charge on any atom is 0.337 e. The minimum Gasteiger partial charge on any atom is -0.497 e. The van der Waals surface area contributed by atoms with Crippen LogP contribution in [0.1, 0.15) is 10.4 Å². The van der Waals surface area contributed by atoms with E-state index in [9.17, 15) is 9.59 Å². The summed E-state index contributed by atoms with van der Waals surface area (Å²) in [6.07, 6.45) is 1.75. The molecule has 2 heterocycles. The Balaban J connectivity index is 1.53. The normalized spacial score (nSPS) is 11.0. The number of nitrogens with one attached hydrogen (secondary N) is 1. The van der Waals surface area contributed by atoms with Crippen LogP contribution in [0.15, 0.2) is 64.1 Å². The summed E-state index contributed by atoms with van der Waals surface area (Å²) in [6.45, 7) is 0.969. The number of rotatable bonds is 5. The van der Waals surface area contributed by atoms with Crippen LogP contribution in [0.2, 0.25) is 0 Å². The summed E-state index contributed by atoms with van der Waals surface area (Å²) < 4.78 is 12.3. The Morgan fingerprint density at radius 2 is 2.07 bits per heavy atom. The van der Waals surface area contributed by atoms with E-state index in [-0.39, 0.29) is 11.5 Å². The highest BCUT2D eigenvalue weighted by atomic mass is 16.5. The number of hydrogen-bond acceptors (Lipinski definition) is 5. The van der Waals surface area contributed by atoms with Crippen LogP contribution in [0, 0.1) is 0 Å². The number of benzene rings is 2. The third-order valence-electron chi connectivity index (χ3n) is 4.36. The van der Waals surface area contributed by atoms with Crippen LogP contribution < -0.4 is 15.7 Å². The maximum absolute atomic E-state index is 12.6. The third-order valence-corrected chi connectivity index (χ3v) is 4.36. The van der Waals surface area contributed by atoms with E-state index in [1.807, 2.05) is 28.8 Å². The van der Waals surface area contributed by atoms with Gasteiger partial charge in [-0.05, 0) is 24.3 Å². The molecular formula is C20H17N3O4. The molecule has 27 heavy (non-hydrogen) atoms. The number of para-hydroxylation sites is 2. The van der Waals surface area contributed by atoms with Crippen LogP contribution in [0.3, 0.4) is 0 Å². The SMILES string of the molecule is COc1ccc2c(C(=O)NCCn3cnc4ccccc43)cc(=O)oc2c1. The van der Waals surface area contributed by atoms with E-state index in [0.29, 0.717) is 29.8 Å². The van der Waals surface area contributed by atoms with Crippen LogP contribution in [0.5, 0.6) is 5.75 Å². The fraction of sp³-hybridized carbons (Fsp3) is 0.150. The molecule has 0 aliphatic heterocycles. The summed E-state index contributed by atoms with van der Waals surface area (Å²) in [7, 11) is 1.52. The van der Waals surface area contributed by atoms with E-state index >= 15 is 0 Å². The molecule has 2 aromatic heterocycles. The molecule has 4 aromatic rings. The standard InChI is InChI=1S/C20H17N3O4/c1-26-13-6-7-14-15(11-19(24)27-18(14)10-13)20(25)21-8-9-23-12-22-16-4-2-3-5-17(16)23/h2-7,10-12H,8-9H2,1H3,(H,21,25). The van der Waals surface area contributed by atoms with Crippen molar-refractivity contribution in [1.82, 2.24) is 14.9 Å². The van der Waals surface area contributed by atoms with E-state index in [1.165, 1.54) is 13.2 Å². The quantitative estimate of drug-likeness (QED) is 0.551. The van der Waals surface area contributed by atoms with Gasteiger partial charge in [-0.2, -0.15) is 0 Å². The number of imidazole rings is 1.